The minimum absolute atomic E-state index is 0.312. The van der Waals surface area contributed by atoms with E-state index < -0.39 is 12.0 Å². The van der Waals surface area contributed by atoms with Gasteiger partial charge in [0, 0.05) is 0 Å². The summed E-state index contributed by atoms with van der Waals surface area (Å²) in [7, 11) is 5.30. The summed E-state index contributed by atoms with van der Waals surface area (Å²) in [6, 6.07) is 6.29. The maximum Gasteiger partial charge on any atom is 0.320 e. The van der Waals surface area contributed by atoms with Gasteiger partial charge in [-0.3, -0.25) is 4.79 Å². The van der Waals surface area contributed by atoms with Crippen LogP contribution in [0.1, 0.15) is 5.56 Å². The van der Waals surface area contributed by atoms with E-state index in [0.717, 1.165) is 11.3 Å². The maximum absolute atomic E-state index is 10.5. The predicted molar refractivity (Wildman–Crippen MR) is 61.8 cm³/mol. The molecular weight excluding hydrogens is 205 g/mol. The normalized spacial score (nSPS) is 12.1. The molecule has 0 heterocycles. The van der Waals surface area contributed by atoms with Gasteiger partial charge in [-0.15, -0.1) is 0 Å². The van der Waals surface area contributed by atoms with Crippen molar-refractivity contribution in [1.82, 2.24) is 0 Å². The SMILES string of the molecule is [B]CCOc1ccc(C[C@H](N)C(=O)O)cc1. The van der Waals surface area contributed by atoms with Gasteiger partial charge in [-0.05, 0) is 24.1 Å². The number of benzene rings is 1. The van der Waals surface area contributed by atoms with Crippen molar-refractivity contribution < 1.29 is 14.6 Å². The Morgan fingerprint density at radius 2 is 2.06 bits per heavy atom. The molecule has 0 fully saturated rings. The van der Waals surface area contributed by atoms with Gasteiger partial charge in [-0.2, -0.15) is 0 Å². The van der Waals surface area contributed by atoms with Gasteiger partial charge in [0.15, 0.2) is 0 Å². The number of hydrogen-bond acceptors (Lipinski definition) is 3. The molecule has 0 aliphatic rings. The van der Waals surface area contributed by atoms with Crippen LogP contribution in [0.15, 0.2) is 24.3 Å². The van der Waals surface area contributed by atoms with Crippen molar-refractivity contribution in [2.24, 2.45) is 5.73 Å². The Hall–Kier alpha value is -1.49. The van der Waals surface area contributed by atoms with Gasteiger partial charge in [0.2, 0.25) is 0 Å². The van der Waals surface area contributed by atoms with Crippen LogP contribution in [0.5, 0.6) is 5.75 Å². The van der Waals surface area contributed by atoms with Crippen LogP contribution in [0, 0.1) is 0 Å². The second kappa shape index (κ2) is 6.17. The van der Waals surface area contributed by atoms with E-state index in [0.29, 0.717) is 19.3 Å². The monoisotopic (exact) mass is 219 g/mol. The minimum atomic E-state index is -0.997. The van der Waals surface area contributed by atoms with Crippen molar-refractivity contribution in [3.63, 3.8) is 0 Å². The lowest BCUT2D eigenvalue weighted by atomic mass is 10.1. The molecule has 2 radical (unpaired) electrons. The summed E-state index contributed by atoms with van der Waals surface area (Å²) in [6.45, 7) is 0.466. The molecule has 3 N–H and O–H groups in total. The summed E-state index contributed by atoms with van der Waals surface area (Å²) < 4.78 is 5.29. The molecule has 0 unspecified atom stereocenters. The second-order valence-electron chi connectivity index (χ2n) is 3.43. The predicted octanol–water partition coefficient (Wildman–Crippen LogP) is 0.607. The van der Waals surface area contributed by atoms with Crippen LogP contribution in [0.4, 0.5) is 0 Å². The zero-order chi connectivity index (χ0) is 12.0. The number of nitrogens with two attached hydrogens (primary N) is 1. The van der Waals surface area contributed by atoms with Gasteiger partial charge >= 0.3 is 5.97 Å². The topological polar surface area (TPSA) is 72.5 Å². The van der Waals surface area contributed by atoms with Crippen molar-refractivity contribution in [1.29, 1.82) is 0 Å². The van der Waals surface area contributed by atoms with Crippen molar-refractivity contribution in [3.8, 4) is 5.75 Å². The first kappa shape index (κ1) is 12.6. The molecule has 0 amide bonds. The van der Waals surface area contributed by atoms with E-state index >= 15 is 0 Å². The lowest BCUT2D eigenvalue weighted by Gasteiger charge is -2.08. The fourth-order valence-electron chi connectivity index (χ4n) is 1.24. The van der Waals surface area contributed by atoms with Crippen LogP contribution in [-0.2, 0) is 11.2 Å². The molecule has 5 heteroatoms. The summed E-state index contributed by atoms with van der Waals surface area (Å²) in [5, 5.41) is 8.65. The zero-order valence-corrected chi connectivity index (χ0v) is 8.93. The highest BCUT2D eigenvalue weighted by Gasteiger charge is 2.11. The molecule has 1 atom stereocenters. The second-order valence-corrected chi connectivity index (χ2v) is 3.43. The first-order valence-corrected chi connectivity index (χ1v) is 5.03. The molecule has 0 aliphatic carbocycles. The number of carboxylic acid groups (broad SMARTS) is 1. The number of carboxylic acids is 1. The Bertz CT molecular complexity index is 340. The number of carbonyl (C=O) groups is 1. The largest absolute Gasteiger partial charge is 0.494 e. The highest BCUT2D eigenvalue weighted by molar-refractivity contribution is 6.08. The average Bonchev–Trinajstić information content (AvgIpc) is 2.28. The van der Waals surface area contributed by atoms with Gasteiger partial charge in [0.05, 0.1) is 14.5 Å². The van der Waals surface area contributed by atoms with Gasteiger partial charge in [-0.1, -0.05) is 18.5 Å². The average molecular weight is 219 g/mol. The Labute approximate surface area is 95.8 Å². The molecule has 1 rings (SSSR count). The van der Waals surface area contributed by atoms with Crippen molar-refractivity contribution in [2.45, 2.75) is 18.8 Å². The van der Waals surface area contributed by atoms with E-state index in [1.165, 1.54) is 0 Å². The standard InChI is InChI=1S/C11H14BNO3/c12-5-6-16-9-3-1-8(2-4-9)7-10(13)11(14)15/h1-4,10H,5-7,13H2,(H,14,15)/t10-/m0/s1. The van der Waals surface area contributed by atoms with Gasteiger partial charge in [0.25, 0.3) is 0 Å². The van der Waals surface area contributed by atoms with Crippen LogP contribution in [-0.4, -0.2) is 31.6 Å². The highest BCUT2D eigenvalue weighted by Crippen LogP contribution is 2.13. The van der Waals surface area contributed by atoms with Gasteiger partial charge < -0.3 is 15.6 Å². The maximum atomic E-state index is 10.5. The summed E-state index contributed by atoms with van der Waals surface area (Å²) >= 11 is 0. The smallest absolute Gasteiger partial charge is 0.320 e. The fraction of sp³-hybridized carbons (Fsp3) is 0.364. The van der Waals surface area contributed by atoms with Crippen molar-refractivity contribution in [3.05, 3.63) is 29.8 Å². The minimum Gasteiger partial charge on any atom is -0.494 e. The van der Waals surface area contributed by atoms with Crippen LogP contribution in [0.3, 0.4) is 0 Å². The molecule has 4 nitrogen and oxygen atoms in total. The Balaban J connectivity index is 2.54. The van der Waals surface area contributed by atoms with Crippen LogP contribution < -0.4 is 10.5 Å². The first-order chi connectivity index (χ1) is 7.63. The lowest BCUT2D eigenvalue weighted by molar-refractivity contribution is -0.138. The third-order valence-corrected chi connectivity index (χ3v) is 2.08. The summed E-state index contributed by atoms with van der Waals surface area (Å²) in [5.74, 6) is -0.276. The number of ether oxygens (including phenoxy) is 1. The van der Waals surface area contributed by atoms with Gasteiger partial charge in [-0.25, -0.2) is 0 Å². The molecular formula is C11H14BNO3. The first-order valence-electron chi connectivity index (χ1n) is 5.03. The van der Waals surface area contributed by atoms with E-state index in [4.69, 9.17) is 23.4 Å². The third kappa shape index (κ3) is 3.94. The molecule has 0 bridgehead atoms. The van der Waals surface area contributed by atoms with Crippen molar-refractivity contribution >= 4 is 13.8 Å². The van der Waals surface area contributed by atoms with Crippen LogP contribution >= 0.6 is 0 Å². The molecule has 0 aromatic heterocycles. The van der Waals surface area contributed by atoms with E-state index in [9.17, 15) is 4.79 Å². The highest BCUT2D eigenvalue weighted by atomic mass is 16.5. The van der Waals surface area contributed by atoms with E-state index in [1.54, 1.807) is 24.3 Å². The number of aliphatic carboxylic acids is 1. The van der Waals surface area contributed by atoms with Crippen LogP contribution in [0.25, 0.3) is 0 Å². The fourth-order valence-corrected chi connectivity index (χ4v) is 1.24. The Kier molecular flexibility index (Phi) is 4.86. The molecule has 16 heavy (non-hydrogen) atoms. The molecule has 0 saturated heterocycles. The lowest BCUT2D eigenvalue weighted by Crippen LogP contribution is -2.32. The van der Waals surface area contributed by atoms with E-state index in [1.807, 2.05) is 0 Å². The van der Waals surface area contributed by atoms with Crippen molar-refractivity contribution in [2.75, 3.05) is 6.61 Å². The van der Waals surface area contributed by atoms with E-state index in [-0.39, 0.29) is 0 Å². The zero-order valence-electron chi connectivity index (χ0n) is 8.93. The quantitative estimate of drug-likeness (QED) is 0.687. The molecule has 0 aliphatic heterocycles. The third-order valence-electron chi connectivity index (χ3n) is 2.08. The van der Waals surface area contributed by atoms with E-state index in [2.05, 4.69) is 0 Å². The number of rotatable bonds is 6. The summed E-state index contributed by atoms with van der Waals surface area (Å²) in [4.78, 5) is 10.5. The summed E-state index contributed by atoms with van der Waals surface area (Å²) in [5.41, 5.74) is 6.29. The molecule has 84 valence electrons. The molecule has 0 spiro atoms. The molecule has 1 aromatic rings. The Morgan fingerprint density at radius 3 is 2.56 bits per heavy atom. The number of hydrogen-bond donors (Lipinski definition) is 2. The Morgan fingerprint density at radius 1 is 1.44 bits per heavy atom. The summed E-state index contributed by atoms with van der Waals surface area (Å²) in [6.07, 6.45) is 0.776. The van der Waals surface area contributed by atoms with Gasteiger partial charge in [0.1, 0.15) is 11.8 Å². The van der Waals surface area contributed by atoms with Crippen LogP contribution in [0.2, 0.25) is 6.32 Å². The molecule has 0 saturated carbocycles. The molecule has 1 aromatic carbocycles.